The van der Waals surface area contributed by atoms with E-state index in [1.165, 1.54) is 12.8 Å². The molecule has 0 amide bonds. The zero-order chi connectivity index (χ0) is 12.1. The summed E-state index contributed by atoms with van der Waals surface area (Å²) in [5.41, 5.74) is 7.52. The van der Waals surface area contributed by atoms with Crippen LogP contribution in [0.15, 0.2) is 18.2 Å². The third-order valence-corrected chi connectivity index (χ3v) is 2.87. The van der Waals surface area contributed by atoms with Crippen LogP contribution in [0.25, 0.3) is 0 Å². The highest BCUT2D eigenvalue weighted by Crippen LogP contribution is 2.28. The summed E-state index contributed by atoms with van der Waals surface area (Å²) >= 11 is 0. The second-order valence-corrected chi connectivity index (χ2v) is 4.40. The van der Waals surface area contributed by atoms with Gasteiger partial charge in [0.2, 0.25) is 0 Å². The van der Waals surface area contributed by atoms with Crippen LogP contribution < -0.4 is 15.8 Å². The lowest BCUT2D eigenvalue weighted by atomic mass is 10.2. The Hall–Kier alpha value is -1.42. The maximum atomic E-state index is 5.89. The number of benzene rings is 1. The van der Waals surface area contributed by atoms with Gasteiger partial charge in [-0.2, -0.15) is 0 Å². The summed E-state index contributed by atoms with van der Waals surface area (Å²) in [6.07, 6.45) is 2.66. The molecule has 17 heavy (non-hydrogen) atoms. The number of hydrogen-bond donors (Lipinski definition) is 2. The Morgan fingerprint density at radius 2 is 2.24 bits per heavy atom. The van der Waals surface area contributed by atoms with Crippen molar-refractivity contribution >= 4 is 11.4 Å². The molecular formula is C13H20N2O2. The van der Waals surface area contributed by atoms with E-state index < -0.39 is 0 Å². The van der Waals surface area contributed by atoms with Crippen LogP contribution in [0, 0.1) is 5.92 Å². The van der Waals surface area contributed by atoms with Crippen LogP contribution >= 0.6 is 0 Å². The van der Waals surface area contributed by atoms with E-state index in [0.29, 0.717) is 5.69 Å². The summed E-state index contributed by atoms with van der Waals surface area (Å²) in [6.45, 7) is 2.41. The molecule has 0 spiro atoms. The standard InChI is InChI=1S/C13H20N2O2/c1-16-11-4-5-13(12(14)8-11)15-6-7-17-9-10-2-3-10/h4-5,8,10,15H,2-3,6-7,9,14H2,1H3. The Balaban J connectivity index is 1.70. The minimum atomic E-state index is 0.701. The largest absolute Gasteiger partial charge is 0.497 e. The number of ether oxygens (including phenoxy) is 2. The van der Waals surface area contributed by atoms with E-state index in [0.717, 1.165) is 37.1 Å². The number of nitrogens with two attached hydrogens (primary N) is 1. The van der Waals surface area contributed by atoms with Crippen molar-refractivity contribution in [2.45, 2.75) is 12.8 Å². The number of methoxy groups -OCH3 is 1. The van der Waals surface area contributed by atoms with Crippen molar-refractivity contribution in [3.05, 3.63) is 18.2 Å². The van der Waals surface area contributed by atoms with Crippen molar-refractivity contribution < 1.29 is 9.47 Å². The average molecular weight is 236 g/mol. The first-order valence-electron chi connectivity index (χ1n) is 6.04. The molecule has 0 unspecified atom stereocenters. The molecule has 4 nitrogen and oxygen atoms in total. The van der Waals surface area contributed by atoms with Gasteiger partial charge in [-0.1, -0.05) is 0 Å². The second-order valence-electron chi connectivity index (χ2n) is 4.40. The summed E-state index contributed by atoms with van der Waals surface area (Å²) < 4.78 is 10.6. The summed E-state index contributed by atoms with van der Waals surface area (Å²) in [7, 11) is 1.63. The lowest BCUT2D eigenvalue weighted by Crippen LogP contribution is -2.11. The molecule has 0 aromatic heterocycles. The van der Waals surface area contributed by atoms with Gasteiger partial charge in [0.15, 0.2) is 0 Å². The van der Waals surface area contributed by atoms with E-state index >= 15 is 0 Å². The van der Waals surface area contributed by atoms with Gasteiger partial charge in [-0.15, -0.1) is 0 Å². The summed E-state index contributed by atoms with van der Waals surface area (Å²) in [4.78, 5) is 0. The highest BCUT2D eigenvalue weighted by Gasteiger charge is 2.20. The third kappa shape index (κ3) is 3.82. The molecule has 4 heteroatoms. The molecule has 3 N–H and O–H groups in total. The molecule has 1 aliphatic carbocycles. The smallest absolute Gasteiger partial charge is 0.121 e. The molecular weight excluding hydrogens is 216 g/mol. The lowest BCUT2D eigenvalue weighted by molar-refractivity contribution is 0.134. The Morgan fingerprint density at radius 3 is 2.88 bits per heavy atom. The maximum Gasteiger partial charge on any atom is 0.121 e. The number of anilines is 2. The van der Waals surface area contributed by atoms with Crippen LogP contribution in [0.4, 0.5) is 11.4 Å². The molecule has 1 aromatic carbocycles. The fraction of sp³-hybridized carbons (Fsp3) is 0.538. The maximum absolute atomic E-state index is 5.89. The number of nitrogen functional groups attached to an aromatic ring is 1. The van der Waals surface area contributed by atoms with Crippen LogP contribution in [0.2, 0.25) is 0 Å². The van der Waals surface area contributed by atoms with Gasteiger partial charge in [0, 0.05) is 19.2 Å². The van der Waals surface area contributed by atoms with Gasteiger partial charge < -0.3 is 20.5 Å². The van der Waals surface area contributed by atoms with E-state index in [9.17, 15) is 0 Å². The van der Waals surface area contributed by atoms with Crippen LogP contribution in [0.5, 0.6) is 5.75 Å². The van der Waals surface area contributed by atoms with Crippen molar-refractivity contribution in [3.8, 4) is 5.75 Å². The van der Waals surface area contributed by atoms with Crippen LogP contribution in [0.3, 0.4) is 0 Å². The molecule has 94 valence electrons. The SMILES string of the molecule is COc1ccc(NCCOCC2CC2)c(N)c1. The zero-order valence-electron chi connectivity index (χ0n) is 10.2. The first kappa shape index (κ1) is 12.0. The molecule has 1 aliphatic rings. The van der Waals surface area contributed by atoms with Gasteiger partial charge in [-0.3, -0.25) is 0 Å². The van der Waals surface area contributed by atoms with E-state index in [4.69, 9.17) is 15.2 Å². The summed E-state index contributed by atoms with van der Waals surface area (Å²) in [6, 6.07) is 5.63. The fourth-order valence-corrected chi connectivity index (χ4v) is 1.62. The number of nitrogens with one attached hydrogen (secondary N) is 1. The van der Waals surface area contributed by atoms with Crippen molar-refractivity contribution in [3.63, 3.8) is 0 Å². The predicted octanol–water partition coefficient (Wildman–Crippen LogP) is 2.12. The molecule has 0 atom stereocenters. The fourth-order valence-electron chi connectivity index (χ4n) is 1.62. The lowest BCUT2D eigenvalue weighted by Gasteiger charge is -2.10. The third-order valence-electron chi connectivity index (χ3n) is 2.87. The number of hydrogen-bond acceptors (Lipinski definition) is 4. The minimum absolute atomic E-state index is 0.701. The molecule has 0 heterocycles. The molecule has 0 radical (unpaired) electrons. The average Bonchev–Trinajstić information content (AvgIpc) is 3.14. The zero-order valence-corrected chi connectivity index (χ0v) is 10.2. The Morgan fingerprint density at radius 1 is 1.41 bits per heavy atom. The highest BCUT2D eigenvalue weighted by molar-refractivity contribution is 5.68. The number of rotatable bonds is 7. The minimum Gasteiger partial charge on any atom is -0.497 e. The normalized spacial score (nSPS) is 14.6. The van der Waals surface area contributed by atoms with E-state index in [1.807, 2.05) is 18.2 Å². The van der Waals surface area contributed by atoms with Crippen molar-refractivity contribution in [1.82, 2.24) is 0 Å². The molecule has 0 bridgehead atoms. The van der Waals surface area contributed by atoms with E-state index in [2.05, 4.69) is 5.32 Å². The van der Waals surface area contributed by atoms with E-state index in [1.54, 1.807) is 7.11 Å². The van der Waals surface area contributed by atoms with Gasteiger partial charge in [0.05, 0.1) is 25.1 Å². The molecule has 0 saturated heterocycles. The molecule has 1 saturated carbocycles. The molecule has 0 aliphatic heterocycles. The van der Waals surface area contributed by atoms with Gasteiger partial charge >= 0.3 is 0 Å². The first-order chi connectivity index (χ1) is 8.29. The first-order valence-corrected chi connectivity index (χ1v) is 6.04. The van der Waals surface area contributed by atoms with Crippen molar-refractivity contribution in [2.24, 2.45) is 5.92 Å². The van der Waals surface area contributed by atoms with Gasteiger partial charge in [-0.25, -0.2) is 0 Å². The van der Waals surface area contributed by atoms with E-state index in [-0.39, 0.29) is 0 Å². The van der Waals surface area contributed by atoms with Crippen LogP contribution in [0.1, 0.15) is 12.8 Å². The molecule has 1 aromatic rings. The summed E-state index contributed by atoms with van der Waals surface area (Å²) in [5, 5.41) is 3.25. The quantitative estimate of drug-likeness (QED) is 0.562. The second kappa shape index (κ2) is 5.77. The van der Waals surface area contributed by atoms with Crippen LogP contribution in [-0.4, -0.2) is 26.9 Å². The summed E-state index contributed by atoms with van der Waals surface area (Å²) in [5.74, 6) is 1.60. The predicted molar refractivity (Wildman–Crippen MR) is 69.4 cm³/mol. The Labute approximate surface area is 102 Å². The molecule has 1 fully saturated rings. The van der Waals surface area contributed by atoms with Gasteiger partial charge in [-0.05, 0) is 30.9 Å². The van der Waals surface area contributed by atoms with Gasteiger partial charge in [0.1, 0.15) is 5.75 Å². The van der Waals surface area contributed by atoms with Crippen molar-refractivity contribution in [2.75, 3.05) is 37.9 Å². The molecule has 2 rings (SSSR count). The Kier molecular flexibility index (Phi) is 4.09. The Bertz CT molecular complexity index is 364. The monoisotopic (exact) mass is 236 g/mol. The van der Waals surface area contributed by atoms with Gasteiger partial charge in [0.25, 0.3) is 0 Å². The topological polar surface area (TPSA) is 56.5 Å². The van der Waals surface area contributed by atoms with Crippen molar-refractivity contribution in [1.29, 1.82) is 0 Å². The van der Waals surface area contributed by atoms with Crippen LogP contribution in [-0.2, 0) is 4.74 Å². The highest BCUT2D eigenvalue weighted by atomic mass is 16.5.